The van der Waals surface area contributed by atoms with Crippen LogP contribution < -0.4 is 0 Å². The van der Waals surface area contributed by atoms with Crippen LogP contribution in [-0.2, 0) is 5.60 Å². The summed E-state index contributed by atoms with van der Waals surface area (Å²) in [6.45, 7) is 3.30. The van der Waals surface area contributed by atoms with Gasteiger partial charge in [0, 0.05) is 23.5 Å². The molecule has 1 heterocycles. The smallest absolute Gasteiger partial charge is 0.126 e. The molecule has 2 rings (SSSR count). The fraction of sp³-hybridized carbons (Fsp3) is 0.214. The number of rotatable bonds is 2. The summed E-state index contributed by atoms with van der Waals surface area (Å²) in [6.07, 6.45) is 1.50. The summed E-state index contributed by atoms with van der Waals surface area (Å²) >= 11 is 0. The highest BCUT2D eigenvalue weighted by molar-refractivity contribution is 5.34. The lowest BCUT2D eigenvalue weighted by Gasteiger charge is -2.24. The summed E-state index contributed by atoms with van der Waals surface area (Å²) in [5, 5.41) is 10.4. The van der Waals surface area contributed by atoms with Crippen LogP contribution in [0.5, 0.6) is 0 Å². The molecule has 0 aliphatic rings. The summed E-state index contributed by atoms with van der Waals surface area (Å²) in [5.41, 5.74) is -0.0346. The molecule has 1 aromatic carbocycles. The Morgan fingerprint density at radius 2 is 1.67 bits per heavy atom. The number of aliphatic hydroxyl groups is 1. The minimum absolute atomic E-state index is 0.158. The zero-order valence-electron chi connectivity index (χ0n) is 10.1. The van der Waals surface area contributed by atoms with E-state index in [0.717, 1.165) is 23.9 Å². The van der Waals surface area contributed by atoms with E-state index in [4.69, 9.17) is 0 Å². The molecule has 0 saturated heterocycles. The molecule has 0 aliphatic carbocycles. The maximum atomic E-state index is 13.2. The van der Waals surface area contributed by atoms with Gasteiger partial charge in [-0.3, -0.25) is 4.98 Å². The predicted octanol–water partition coefficient (Wildman–Crippen LogP) is 2.92. The van der Waals surface area contributed by atoms with Gasteiger partial charge in [0.2, 0.25) is 0 Å². The Hall–Kier alpha value is -1.81. The Bertz CT molecular complexity index is 544. The normalized spacial score (nSPS) is 14.3. The van der Waals surface area contributed by atoms with Gasteiger partial charge < -0.3 is 5.11 Å². The van der Waals surface area contributed by atoms with Crippen molar-refractivity contribution in [3.8, 4) is 0 Å². The Balaban J connectivity index is 2.49. The maximum Gasteiger partial charge on any atom is 0.126 e. The molecule has 0 radical (unpaired) electrons. The van der Waals surface area contributed by atoms with E-state index in [1.54, 1.807) is 12.1 Å². The largest absolute Gasteiger partial charge is 0.381 e. The zero-order chi connectivity index (χ0) is 13.3. The molecule has 0 amide bonds. The molecular formula is C14H13F2NO. The first-order valence-electron chi connectivity index (χ1n) is 5.51. The Kier molecular flexibility index (Phi) is 3.13. The molecule has 4 heteroatoms. The predicted molar refractivity (Wildman–Crippen MR) is 64.0 cm³/mol. The molecule has 0 bridgehead atoms. The molecule has 0 fully saturated rings. The minimum Gasteiger partial charge on any atom is -0.381 e. The van der Waals surface area contributed by atoms with E-state index in [2.05, 4.69) is 4.98 Å². The van der Waals surface area contributed by atoms with Crippen LogP contribution in [0.15, 0.2) is 36.5 Å². The molecule has 94 valence electrons. The van der Waals surface area contributed by atoms with Gasteiger partial charge in [-0.15, -0.1) is 0 Å². The molecule has 1 aromatic heterocycles. The van der Waals surface area contributed by atoms with Crippen LogP contribution in [0.1, 0.15) is 23.7 Å². The Morgan fingerprint density at radius 1 is 1.06 bits per heavy atom. The number of aromatic nitrogens is 1. The second kappa shape index (κ2) is 4.46. The summed E-state index contributed by atoms with van der Waals surface area (Å²) in [4.78, 5) is 4.07. The number of pyridine rings is 1. The van der Waals surface area contributed by atoms with Gasteiger partial charge in [-0.25, -0.2) is 8.78 Å². The van der Waals surface area contributed by atoms with Crippen LogP contribution in [0.25, 0.3) is 0 Å². The first kappa shape index (κ1) is 12.6. The zero-order valence-corrected chi connectivity index (χ0v) is 10.1. The molecule has 0 saturated carbocycles. The van der Waals surface area contributed by atoms with Crippen molar-refractivity contribution < 1.29 is 13.9 Å². The van der Waals surface area contributed by atoms with Crippen molar-refractivity contribution in [1.82, 2.24) is 4.98 Å². The lowest BCUT2D eigenvalue weighted by molar-refractivity contribution is 0.101. The molecule has 2 aromatic rings. The van der Waals surface area contributed by atoms with Crippen LogP contribution in [0.4, 0.5) is 8.78 Å². The summed E-state index contributed by atoms with van der Waals surface area (Å²) in [5.74, 6) is -1.43. The number of nitrogens with zero attached hydrogens (tertiary/aromatic N) is 1. The number of hydrogen-bond acceptors (Lipinski definition) is 2. The van der Waals surface area contributed by atoms with E-state index < -0.39 is 17.2 Å². The number of benzene rings is 1. The van der Waals surface area contributed by atoms with Crippen LogP contribution in [-0.4, -0.2) is 10.1 Å². The fourth-order valence-corrected chi connectivity index (χ4v) is 1.76. The van der Waals surface area contributed by atoms with Gasteiger partial charge in [0.15, 0.2) is 0 Å². The van der Waals surface area contributed by atoms with Gasteiger partial charge in [-0.2, -0.15) is 0 Å². The van der Waals surface area contributed by atoms with Crippen molar-refractivity contribution in [3.63, 3.8) is 0 Å². The molecule has 0 spiro atoms. The van der Waals surface area contributed by atoms with Crippen LogP contribution in [0, 0.1) is 18.6 Å². The van der Waals surface area contributed by atoms with Gasteiger partial charge >= 0.3 is 0 Å². The standard InChI is InChI=1S/C14H13F2NO/c1-9-3-4-10(8-17-9)14(2,18)11-5-12(15)7-13(16)6-11/h3-8,18H,1-2H3. The number of aryl methyl sites for hydroxylation is 1. The van der Waals surface area contributed by atoms with Crippen molar-refractivity contribution in [1.29, 1.82) is 0 Å². The number of halogens is 2. The van der Waals surface area contributed by atoms with Crippen LogP contribution >= 0.6 is 0 Å². The van der Waals surface area contributed by atoms with Gasteiger partial charge in [0.1, 0.15) is 17.2 Å². The number of hydrogen-bond donors (Lipinski definition) is 1. The average molecular weight is 249 g/mol. The highest BCUT2D eigenvalue weighted by Gasteiger charge is 2.27. The summed E-state index contributed by atoms with van der Waals surface area (Å²) < 4.78 is 26.3. The lowest BCUT2D eigenvalue weighted by atomic mass is 9.89. The minimum atomic E-state index is -1.48. The third-order valence-corrected chi connectivity index (χ3v) is 2.90. The first-order chi connectivity index (χ1) is 8.39. The molecular weight excluding hydrogens is 236 g/mol. The Labute approximate surface area is 104 Å². The first-order valence-corrected chi connectivity index (χ1v) is 5.51. The highest BCUT2D eigenvalue weighted by atomic mass is 19.1. The molecule has 1 unspecified atom stereocenters. The fourth-order valence-electron chi connectivity index (χ4n) is 1.76. The SMILES string of the molecule is Cc1ccc(C(C)(O)c2cc(F)cc(F)c2)cn1. The van der Waals surface area contributed by atoms with E-state index in [1.807, 2.05) is 6.92 Å². The quantitative estimate of drug-likeness (QED) is 0.887. The van der Waals surface area contributed by atoms with Gasteiger partial charge in [-0.1, -0.05) is 6.07 Å². The lowest BCUT2D eigenvalue weighted by Crippen LogP contribution is -2.23. The van der Waals surface area contributed by atoms with Crippen molar-refractivity contribution >= 4 is 0 Å². The van der Waals surface area contributed by atoms with E-state index in [-0.39, 0.29) is 5.56 Å². The third kappa shape index (κ3) is 2.38. The van der Waals surface area contributed by atoms with E-state index in [0.29, 0.717) is 5.56 Å². The monoisotopic (exact) mass is 249 g/mol. The highest BCUT2D eigenvalue weighted by Crippen LogP contribution is 2.29. The summed E-state index contributed by atoms with van der Waals surface area (Å²) in [6, 6.07) is 6.42. The van der Waals surface area contributed by atoms with Crippen molar-refractivity contribution in [2.45, 2.75) is 19.4 Å². The van der Waals surface area contributed by atoms with E-state index in [9.17, 15) is 13.9 Å². The Morgan fingerprint density at radius 3 is 2.17 bits per heavy atom. The van der Waals surface area contributed by atoms with E-state index in [1.165, 1.54) is 13.1 Å². The van der Waals surface area contributed by atoms with Crippen LogP contribution in [0.3, 0.4) is 0 Å². The molecule has 1 N–H and O–H groups in total. The molecule has 2 nitrogen and oxygen atoms in total. The van der Waals surface area contributed by atoms with E-state index >= 15 is 0 Å². The summed E-state index contributed by atoms with van der Waals surface area (Å²) in [7, 11) is 0. The van der Waals surface area contributed by atoms with Crippen molar-refractivity contribution in [2.24, 2.45) is 0 Å². The van der Waals surface area contributed by atoms with Crippen LogP contribution in [0.2, 0.25) is 0 Å². The topological polar surface area (TPSA) is 33.1 Å². The second-order valence-corrected chi connectivity index (χ2v) is 4.42. The van der Waals surface area contributed by atoms with Crippen molar-refractivity contribution in [3.05, 3.63) is 65.0 Å². The van der Waals surface area contributed by atoms with Gasteiger partial charge in [-0.05, 0) is 37.6 Å². The molecule has 1 atom stereocenters. The maximum absolute atomic E-state index is 13.2. The molecule has 0 aliphatic heterocycles. The van der Waals surface area contributed by atoms with Gasteiger partial charge in [0.25, 0.3) is 0 Å². The second-order valence-electron chi connectivity index (χ2n) is 4.42. The van der Waals surface area contributed by atoms with Gasteiger partial charge in [0.05, 0.1) is 0 Å². The molecule has 18 heavy (non-hydrogen) atoms. The third-order valence-electron chi connectivity index (χ3n) is 2.90. The van der Waals surface area contributed by atoms with Crippen molar-refractivity contribution in [2.75, 3.05) is 0 Å². The average Bonchev–Trinajstić information content (AvgIpc) is 2.28.